The van der Waals surface area contributed by atoms with Gasteiger partial charge in [0.25, 0.3) is 0 Å². The minimum absolute atomic E-state index is 0.743. The molecule has 1 nitrogen and oxygen atoms in total. The molecule has 0 radical (unpaired) electrons. The first kappa shape index (κ1) is 6.32. The minimum Gasteiger partial charge on any atom is -0.340 e. The van der Waals surface area contributed by atoms with Crippen molar-refractivity contribution in [2.75, 3.05) is 0 Å². The van der Waals surface area contributed by atoms with E-state index in [-0.39, 0.29) is 0 Å². The van der Waals surface area contributed by atoms with E-state index in [9.17, 15) is 0 Å². The van der Waals surface area contributed by atoms with Gasteiger partial charge in [0.05, 0.1) is 0 Å². The van der Waals surface area contributed by atoms with Gasteiger partial charge in [0.1, 0.15) is 0 Å². The molecule has 0 fully saturated rings. The fraction of sp³-hybridized carbons (Fsp3) is 0.250. The van der Waals surface area contributed by atoms with E-state index in [0.717, 1.165) is 15.4 Å². The Morgan fingerprint density at radius 3 is 2.88 bits per heavy atom. The third kappa shape index (κ3) is 1.34. The number of rotatable bonds is 1. The van der Waals surface area contributed by atoms with Gasteiger partial charge in [0, 0.05) is 16.8 Å². The maximum atomic E-state index is 4.83. The Bertz CT molecular complexity index is 211. The summed E-state index contributed by atoms with van der Waals surface area (Å²) < 4.78 is 0.828. The summed E-state index contributed by atoms with van der Waals surface area (Å²) in [5.41, 5.74) is 1.10. The van der Waals surface area contributed by atoms with Crippen LogP contribution >= 0.6 is 36.2 Å². The SMILES string of the molecule is S=c1[nH]c(CS)cs1. The van der Waals surface area contributed by atoms with Crippen molar-refractivity contribution in [3.05, 3.63) is 15.0 Å². The van der Waals surface area contributed by atoms with Crippen LogP contribution in [0.5, 0.6) is 0 Å². The third-order valence-corrected chi connectivity index (χ3v) is 2.19. The van der Waals surface area contributed by atoms with Gasteiger partial charge in [-0.3, -0.25) is 0 Å². The van der Waals surface area contributed by atoms with E-state index in [0.29, 0.717) is 0 Å². The molecule has 1 N–H and O–H groups in total. The molecule has 8 heavy (non-hydrogen) atoms. The first-order valence-corrected chi connectivity index (χ1v) is 4.02. The number of H-pyrrole nitrogens is 1. The standard InChI is InChI=1S/C4H5NS3/c6-1-3-2-8-4(7)5-3/h2,6H,1H2,(H,5,7). The van der Waals surface area contributed by atoms with Crippen molar-refractivity contribution < 1.29 is 0 Å². The summed E-state index contributed by atoms with van der Waals surface area (Å²) in [6.07, 6.45) is 0. The quantitative estimate of drug-likeness (QED) is 0.479. The van der Waals surface area contributed by atoms with E-state index < -0.39 is 0 Å². The van der Waals surface area contributed by atoms with Gasteiger partial charge in [-0.05, 0) is 12.2 Å². The first-order chi connectivity index (χ1) is 3.83. The molecule has 0 aliphatic carbocycles. The second-order valence-electron chi connectivity index (χ2n) is 1.33. The molecule has 0 aliphatic rings. The Balaban J connectivity index is 3.01. The van der Waals surface area contributed by atoms with Crippen molar-refractivity contribution in [1.29, 1.82) is 0 Å². The number of nitrogens with one attached hydrogen (secondary N) is 1. The third-order valence-electron chi connectivity index (χ3n) is 0.741. The van der Waals surface area contributed by atoms with Crippen molar-refractivity contribution in [3.63, 3.8) is 0 Å². The number of aromatic amines is 1. The average molecular weight is 163 g/mol. The zero-order valence-electron chi connectivity index (χ0n) is 4.05. The predicted molar refractivity (Wildman–Crippen MR) is 42.2 cm³/mol. The van der Waals surface area contributed by atoms with Crippen molar-refractivity contribution in [1.82, 2.24) is 4.98 Å². The van der Waals surface area contributed by atoms with Crippen LogP contribution in [0, 0.1) is 3.95 Å². The van der Waals surface area contributed by atoms with Crippen LogP contribution in [-0.4, -0.2) is 4.98 Å². The summed E-state index contributed by atoms with van der Waals surface area (Å²) in [4.78, 5) is 2.98. The molecule has 1 rings (SSSR count). The zero-order chi connectivity index (χ0) is 5.98. The molecule has 0 unspecified atom stereocenters. The molecule has 1 aromatic heterocycles. The summed E-state index contributed by atoms with van der Waals surface area (Å²) in [5.74, 6) is 0.743. The lowest BCUT2D eigenvalue weighted by Gasteiger charge is -1.79. The van der Waals surface area contributed by atoms with Gasteiger partial charge in [0.15, 0.2) is 3.95 Å². The molecule has 0 spiro atoms. The van der Waals surface area contributed by atoms with Gasteiger partial charge >= 0.3 is 0 Å². The van der Waals surface area contributed by atoms with Crippen LogP contribution in [0.25, 0.3) is 0 Å². The highest BCUT2D eigenvalue weighted by Crippen LogP contribution is 2.05. The molecule has 0 atom stereocenters. The van der Waals surface area contributed by atoms with Gasteiger partial charge in [-0.1, -0.05) is 0 Å². The average Bonchev–Trinajstić information content (AvgIpc) is 2.14. The summed E-state index contributed by atoms with van der Waals surface area (Å²) >= 11 is 10.4. The Labute approximate surface area is 62.2 Å². The molecule has 0 bridgehead atoms. The molecule has 4 heteroatoms. The van der Waals surface area contributed by atoms with Crippen molar-refractivity contribution in [3.8, 4) is 0 Å². The van der Waals surface area contributed by atoms with E-state index in [2.05, 4.69) is 17.6 Å². The van der Waals surface area contributed by atoms with Gasteiger partial charge in [-0.15, -0.1) is 11.3 Å². The van der Waals surface area contributed by atoms with E-state index in [1.54, 1.807) is 0 Å². The minimum atomic E-state index is 0.743. The Hall–Kier alpha value is 0.200. The van der Waals surface area contributed by atoms with Crippen LogP contribution < -0.4 is 0 Å². The number of hydrogen-bond donors (Lipinski definition) is 2. The van der Waals surface area contributed by atoms with Gasteiger partial charge in [-0.25, -0.2) is 0 Å². The fourth-order valence-electron chi connectivity index (χ4n) is 0.391. The maximum Gasteiger partial charge on any atom is 0.158 e. The molecular formula is C4H5NS3. The monoisotopic (exact) mass is 163 g/mol. The highest BCUT2D eigenvalue weighted by atomic mass is 32.1. The van der Waals surface area contributed by atoms with Gasteiger partial charge < -0.3 is 4.98 Å². The Kier molecular flexibility index (Phi) is 2.10. The first-order valence-electron chi connectivity index (χ1n) is 2.10. The Morgan fingerprint density at radius 1 is 1.88 bits per heavy atom. The Morgan fingerprint density at radius 2 is 2.62 bits per heavy atom. The van der Waals surface area contributed by atoms with Crippen molar-refractivity contribution in [2.45, 2.75) is 5.75 Å². The highest BCUT2D eigenvalue weighted by molar-refractivity contribution is 7.79. The lowest BCUT2D eigenvalue weighted by Crippen LogP contribution is -1.71. The summed E-state index contributed by atoms with van der Waals surface area (Å²) in [5, 5.41) is 1.98. The normalized spacial score (nSPS) is 9.62. The molecule has 0 amide bonds. The van der Waals surface area contributed by atoms with E-state index in [1.807, 2.05) is 5.38 Å². The van der Waals surface area contributed by atoms with Crippen molar-refractivity contribution in [2.24, 2.45) is 0 Å². The van der Waals surface area contributed by atoms with Crippen LogP contribution in [-0.2, 0) is 5.75 Å². The molecule has 0 saturated carbocycles. The fourth-order valence-corrected chi connectivity index (χ4v) is 1.54. The van der Waals surface area contributed by atoms with Crippen LogP contribution in [0.3, 0.4) is 0 Å². The number of thiol groups is 1. The lowest BCUT2D eigenvalue weighted by atomic mass is 10.6. The van der Waals surface area contributed by atoms with E-state index >= 15 is 0 Å². The molecule has 0 aliphatic heterocycles. The smallest absolute Gasteiger partial charge is 0.158 e. The summed E-state index contributed by atoms with van der Waals surface area (Å²) in [6, 6.07) is 0. The second kappa shape index (κ2) is 2.66. The van der Waals surface area contributed by atoms with Crippen LogP contribution in [0.15, 0.2) is 5.38 Å². The van der Waals surface area contributed by atoms with Crippen LogP contribution in [0.4, 0.5) is 0 Å². The summed E-state index contributed by atoms with van der Waals surface area (Å²) in [7, 11) is 0. The molecule has 44 valence electrons. The van der Waals surface area contributed by atoms with Gasteiger partial charge in [0.2, 0.25) is 0 Å². The maximum absolute atomic E-state index is 4.83. The topological polar surface area (TPSA) is 15.8 Å². The predicted octanol–water partition coefficient (Wildman–Crippen LogP) is 2.24. The number of aromatic nitrogens is 1. The molecule has 0 saturated heterocycles. The molecular weight excluding hydrogens is 158 g/mol. The zero-order valence-corrected chi connectivity index (χ0v) is 6.58. The molecule has 0 aromatic carbocycles. The molecule has 1 heterocycles. The van der Waals surface area contributed by atoms with Crippen LogP contribution in [0.2, 0.25) is 0 Å². The summed E-state index contributed by atoms with van der Waals surface area (Å²) in [6.45, 7) is 0. The van der Waals surface area contributed by atoms with Gasteiger partial charge in [-0.2, -0.15) is 12.6 Å². The van der Waals surface area contributed by atoms with E-state index in [4.69, 9.17) is 12.2 Å². The highest BCUT2D eigenvalue weighted by Gasteiger charge is 1.86. The van der Waals surface area contributed by atoms with Crippen molar-refractivity contribution >= 4 is 36.2 Å². The number of hydrogen-bond acceptors (Lipinski definition) is 3. The van der Waals surface area contributed by atoms with Crippen LogP contribution in [0.1, 0.15) is 5.69 Å². The molecule has 1 aromatic rings. The number of thiazole rings is 1. The largest absolute Gasteiger partial charge is 0.340 e. The van der Waals surface area contributed by atoms with E-state index in [1.165, 1.54) is 11.3 Å². The lowest BCUT2D eigenvalue weighted by molar-refractivity contribution is 1.23. The second-order valence-corrected chi connectivity index (χ2v) is 3.19.